The zero-order chi connectivity index (χ0) is 13.5. The molecule has 0 radical (unpaired) electrons. The van der Waals surface area contributed by atoms with Crippen molar-refractivity contribution < 1.29 is 14.4 Å². The van der Waals surface area contributed by atoms with Crippen LogP contribution in [0.3, 0.4) is 0 Å². The van der Waals surface area contributed by atoms with Crippen LogP contribution < -0.4 is 9.47 Å². The minimum atomic E-state index is -0.529. The summed E-state index contributed by atoms with van der Waals surface area (Å²) in [5, 5.41) is 10.7. The van der Waals surface area contributed by atoms with Gasteiger partial charge in [0, 0.05) is 12.1 Å². The third-order valence-corrected chi connectivity index (χ3v) is 2.56. The van der Waals surface area contributed by atoms with Crippen molar-refractivity contribution in [2.24, 2.45) is 0 Å². The van der Waals surface area contributed by atoms with Crippen LogP contribution in [-0.4, -0.2) is 23.1 Å². The summed E-state index contributed by atoms with van der Waals surface area (Å²) in [5.41, 5.74) is -0.159. The normalized spacial score (nSPS) is 11.9. The molecule has 1 atom stereocenters. The zero-order valence-corrected chi connectivity index (χ0v) is 10.9. The van der Waals surface area contributed by atoms with Crippen molar-refractivity contribution in [1.82, 2.24) is 4.98 Å². The van der Waals surface area contributed by atoms with E-state index in [2.05, 4.69) is 11.9 Å². The third kappa shape index (κ3) is 3.58. The summed E-state index contributed by atoms with van der Waals surface area (Å²) in [4.78, 5) is 14.2. The standard InChI is InChI=1S/C12H18N2O4/c1-4-6-9(5-2)18-11-8-7-10(14(15)16)12(13-11)17-3/h7-9H,4-6H2,1-3H3. The van der Waals surface area contributed by atoms with Crippen LogP contribution in [-0.2, 0) is 0 Å². The molecule has 0 aliphatic heterocycles. The molecule has 0 N–H and O–H groups in total. The van der Waals surface area contributed by atoms with Crippen LogP contribution in [0.5, 0.6) is 11.8 Å². The summed E-state index contributed by atoms with van der Waals surface area (Å²) < 4.78 is 10.6. The van der Waals surface area contributed by atoms with E-state index in [0.29, 0.717) is 5.88 Å². The molecule has 0 aliphatic rings. The van der Waals surface area contributed by atoms with E-state index in [0.717, 1.165) is 19.3 Å². The van der Waals surface area contributed by atoms with Crippen LogP contribution in [0.1, 0.15) is 33.1 Å². The van der Waals surface area contributed by atoms with Gasteiger partial charge in [0.1, 0.15) is 6.10 Å². The first-order chi connectivity index (χ1) is 8.62. The Morgan fingerprint density at radius 1 is 1.44 bits per heavy atom. The Labute approximate surface area is 106 Å². The van der Waals surface area contributed by atoms with Gasteiger partial charge in [-0.15, -0.1) is 0 Å². The minimum absolute atomic E-state index is 0.0242. The molecule has 1 aromatic rings. The summed E-state index contributed by atoms with van der Waals surface area (Å²) in [7, 11) is 1.35. The zero-order valence-electron chi connectivity index (χ0n) is 10.9. The Bertz CT molecular complexity index is 409. The summed E-state index contributed by atoms with van der Waals surface area (Å²) in [6.07, 6.45) is 2.89. The predicted octanol–water partition coefficient (Wildman–Crippen LogP) is 2.96. The first kappa shape index (κ1) is 14.2. The van der Waals surface area contributed by atoms with Crippen LogP contribution >= 0.6 is 0 Å². The molecule has 6 nitrogen and oxygen atoms in total. The fourth-order valence-corrected chi connectivity index (χ4v) is 1.61. The van der Waals surface area contributed by atoms with E-state index in [1.54, 1.807) is 0 Å². The van der Waals surface area contributed by atoms with Crippen molar-refractivity contribution in [2.75, 3.05) is 7.11 Å². The van der Waals surface area contributed by atoms with Crippen molar-refractivity contribution in [3.05, 3.63) is 22.2 Å². The van der Waals surface area contributed by atoms with E-state index >= 15 is 0 Å². The highest BCUT2D eigenvalue weighted by molar-refractivity contribution is 5.42. The highest BCUT2D eigenvalue weighted by atomic mass is 16.6. The Kier molecular flexibility index (Phi) is 5.35. The lowest BCUT2D eigenvalue weighted by molar-refractivity contribution is -0.386. The second-order valence-corrected chi connectivity index (χ2v) is 3.87. The van der Waals surface area contributed by atoms with Crippen LogP contribution in [0.25, 0.3) is 0 Å². The summed E-state index contributed by atoms with van der Waals surface area (Å²) in [5.74, 6) is 0.335. The molecule has 0 aliphatic carbocycles. The van der Waals surface area contributed by atoms with Crippen LogP contribution in [0.15, 0.2) is 12.1 Å². The number of pyridine rings is 1. The van der Waals surface area contributed by atoms with E-state index in [-0.39, 0.29) is 17.7 Å². The molecule has 1 rings (SSSR count). The topological polar surface area (TPSA) is 74.5 Å². The number of ether oxygens (including phenoxy) is 2. The van der Waals surface area contributed by atoms with Gasteiger partial charge in [0.25, 0.3) is 5.88 Å². The number of hydrogen-bond donors (Lipinski definition) is 0. The van der Waals surface area contributed by atoms with Crippen LogP contribution in [0.4, 0.5) is 5.69 Å². The van der Waals surface area contributed by atoms with Gasteiger partial charge in [-0.3, -0.25) is 10.1 Å². The fraction of sp³-hybridized carbons (Fsp3) is 0.583. The predicted molar refractivity (Wildman–Crippen MR) is 67.1 cm³/mol. The molecule has 1 aromatic heterocycles. The fourth-order valence-electron chi connectivity index (χ4n) is 1.61. The average Bonchev–Trinajstić information content (AvgIpc) is 2.37. The maximum atomic E-state index is 10.7. The lowest BCUT2D eigenvalue weighted by Gasteiger charge is -2.16. The van der Waals surface area contributed by atoms with E-state index in [1.807, 2.05) is 6.92 Å². The molecule has 0 bridgehead atoms. The number of hydrogen-bond acceptors (Lipinski definition) is 5. The maximum absolute atomic E-state index is 10.7. The number of aromatic nitrogens is 1. The van der Waals surface area contributed by atoms with E-state index in [9.17, 15) is 10.1 Å². The lowest BCUT2D eigenvalue weighted by atomic mass is 10.2. The molecule has 18 heavy (non-hydrogen) atoms. The van der Waals surface area contributed by atoms with Gasteiger partial charge in [-0.25, -0.2) is 0 Å². The third-order valence-electron chi connectivity index (χ3n) is 2.56. The van der Waals surface area contributed by atoms with Crippen molar-refractivity contribution in [1.29, 1.82) is 0 Å². The van der Waals surface area contributed by atoms with Gasteiger partial charge in [0.05, 0.1) is 12.0 Å². The molecule has 1 heterocycles. The average molecular weight is 254 g/mol. The molecule has 0 saturated carbocycles. The largest absolute Gasteiger partial charge is 0.476 e. The highest BCUT2D eigenvalue weighted by Gasteiger charge is 2.18. The van der Waals surface area contributed by atoms with E-state index in [4.69, 9.17) is 9.47 Å². The van der Waals surface area contributed by atoms with Crippen molar-refractivity contribution >= 4 is 5.69 Å². The molecule has 100 valence electrons. The second-order valence-electron chi connectivity index (χ2n) is 3.87. The molecule has 0 aromatic carbocycles. The summed E-state index contributed by atoms with van der Waals surface area (Å²) in [6, 6.07) is 2.85. The molecule has 0 amide bonds. The summed E-state index contributed by atoms with van der Waals surface area (Å²) >= 11 is 0. The molecule has 0 saturated heterocycles. The Balaban J connectivity index is 2.88. The lowest BCUT2D eigenvalue weighted by Crippen LogP contribution is -2.15. The number of methoxy groups -OCH3 is 1. The van der Waals surface area contributed by atoms with Gasteiger partial charge in [-0.1, -0.05) is 20.3 Å². The van der Waals surface area contributed by atoms with E-state index < -0.39 is 4.92 Å². The second kappa shape index (κ2) is 6.78. The van der Waals surface area contributed by atoms with E-state index in [1.165, 1.54) is 19.2 Å². The van der Waals surface area contributed by atoms with Crippen molar-refractivity contribution in [3.8, 4) is 11.8 Å². The van der Waals surface area contributed by atoms with Crippen molar-refractivity contribution in [2.45, 2.75) is 39.2 Å². The maximum Gasteiger partial charge on any atom is 0.331 e. The number of nitrogens with zero attached hydrogens (tertiary/aromatic N) is 2. The minimum Gasteiger partial charge on any atom is -0.476 e. The molecule has 6 heteroatoms. The Morgan fingerprint density at radius 3 is 2.67 bits per heavy atom. The SMILES string of the molecule is CCCC(CC)Oc1ccc([N+](=O)[O-])c(OC)n1. The van der Waals surface area contributed by atoms with Crippen molar-refractivity contribution in [3.63, 3.8) is 0 Å². The first-order valence-corrected chi connectivity index (χ1v) is 5.98. The Hall–Kier alpha value is -1.85. The molecule has 0 fully saturated rings. The monoisotopic (exact) mass is 254 g/mol. The van der Waals surface area contributed by atoms with Gasteiger partial charge in [0.15, 0.2) is 0 Å². The van der Waals surface area contributed by atoms with Gasteiger partial charge in [-0.2, -0.15) is 4.98 Å². The van der Waals surface area contributed by atoms with Gasteiger partial charge >= 0.3 is 5.69 Å². The number of rotatable bonds is 7. The number of nitro groups is 1. The highest BCUT2D eigenvalue weighted by Crippen LogP contribution is 2.27. The van der Waals surface area contributed by atoms with Gasteiger partial charge in [0.2, 0.25) is 5.88 Å². The summed E-state index contributed by atoms with van der Waals surface area (Å²) in [6.45, 7) is 4.11. The van der Waals surface area contributed by atoms with Crippen LogP contribution in [0.2, 0.25) is 0 Å². The molecule has 1 unspecified atom stereocenters. The molecule has 0 spiro atoms. The van der Waals surface area contributed by atoms with Crippen LogP contribution in [0, 0.1) is 10.1 Å². The molecular weight excluding hydrogens is 236 g/mol. The molecular formula is C12H18N2O4. The van der Waals surface area contributed by atoms with Gasteiger partial charge < -0.3 is 9.47 Å². The smallest absolute Gasteiger partial charge is 0.331 e. The van der Waals surface area contributed by atoms with Gasteiger partial charge in [-0.05, 0) is 12.8 Å². The first-order valence-electron chi connectivity index (χ1n) is 5.98. The quantitative estimate of drug-likeness (QED) is 0.552. The Morgan fingerprint density at radius 2 is 2.17 bits per heavy atom.